The molecule has 0 aromatic heterocycles. The SMILES string of the molecule is CCC(CNC(=O)N(CC(C)C)C1CCCC1)CC(=O)O. The van der Waals surface area contributed by atoms with Crippen LogP contribution < -0.4 is 5.32 Å². The van der Waals surface area contributed by atoms with Crippen LogP contribution in [0.1, 0.15) is 59.3 Å². The Kier molecular flexibility index (Phi) is 7.54. The fourth-order valence-corrected chi connectivity index (χ4v) is 2.95. The average molecular weight is 298 g/mol. The molecular formula is C16H30N2O3. The van der Waals surface area contributed by atoms with E-state index in [-0.39, 0.29) is 18.4 Å². The maximum absolute atomic E-state index is 12.4. The van der Waals surface area contributed by atoms with Gasteiger partial charge in [-0.1, -0.05) is 40.0 Å². The number of nitrogens with one attached hydrogen (secondary N) is 1. The molecule has 122 valence electrons. The van der Waals surface area contributed by atoms with Gasteiger partial charge in [0.2, 0.25) is 0 Å². The third kappa shape index (κ3) is 6.36. The van der Waals surface area contributed by atoms with E-state index in [0.29, 0.717) is 18.5 Å². The highest BCUT2D eigenvalue weighted by Crippen LogP contribution is 2.24. The molecule has 1 aliphatic rings. The Hall–Kier alpha value is -1.26. The van der Waals surface area contributed by atoms with Gasteiger partial charge < -0.3 is 15.3 Å². The zero-order valence-corrected chi connectivity index (χ0v) is 13.6. The molecule has 2 amide bonds. The van der Waals surface area contributed by atoms with Gasteiger partial charge in [-0.15, -0.1) is 0 Å². The Bertz CT molecular complexity index is 338. The van der Waals surface area contributed by atoms with E-state index in [9.17, 15) is 9.59 Å². The molecule has 5 nitrogen and oxygen atoms in total. The van der Waals surface area contributed by atoms with Crippen LogP contribution in [-0.2, 0) is 4.79 Å². The van der Waals surface area contributed by atoms with Crippen LogP contribution in [0.15, 0.2) is 0 Å². The maximum atomic E-state index is 12.4. The van der Waals surface area contributed by atoms with Crippen LogP contribution in [0.25, 0.3) is 0 Å². The van der Waals surface area contributed by atoms with Crippen molar-refractivity contribution in [3.8, 4) is 0 Å². The number of urea groups is 1. The van der Waals surface area contributed by atoms with Gasteiger partial charge in [0.25, 0.3) is 0 Å². The first kappa shape index (κ1) is 17.8. The highest BCUT2D eigenvalue weighted by atomic mass is 16.4. The van der Waals surface area contributed by atoms with Gasteiger partial charge in [-0.2, -0.15) is 0 Å². The molecule has 0 aromatic rings. The lowest BCUT2D eigenvalue weighted by molar-refractivity contribution is -0.138. The first-order valence-electron chi connectivity index (χ1n) is 8.20. The largest absolute Gasteiger partial charge is 0.481 e. The van der Waals surface area contributed by atoms with E-state index >= 15 is 0 Å². The van der Waals surface area contributed by atoms with Gasteiger partial charge in [0.15, 0.2) is 0 Å². The summed E-state index contributed by atoms with van der Waals surface area (Å²) in [6.45, 7) is 7.42. The number of carbonyl (C=O) groups excluding carboxylic acids is 1. The minimum atomic E-state index is -0.800. The molecule has 0 radical (unpaired) electrons. The molecule has 0 aromatic carbocycles. The number of rotatable bonds is 8. The molecule has 1 fully saturated rings. The van der Waals surface area contributed by atoms with E-state index in [1.54, 1.807) is 0 Å². The summed E-state index contributed by atoms with van der Waals surface area (Å²) in [5.41, 5.74) is 0. The van der Waals surface area contributed by atoms with Crippen LogP contribution in [0.2, 0.25) is 0 Å². The number of nitrogens with zero attached hydrogens (tertiary/aromatic N) is 1. The van der Waals surface area contributed by atoms with Crippen molar-refractivity contribution in [3.63, 3.8) is 0 Å². The highest BCUT2D eigenvalue weighted by molar-refractivity contribution is 5.74. The van der Waals surface area contributed by atoms with E-state index in [2.05, 4.69) is 19.2 Å². The van der Waals surface area contributed by atoms with Crippen LogP contribution in [0.3, 0.4) is 0 Å². The summed E-state index contributed by atoms with van der Waals surface area (Å²) in [7, 11) is 0. The number of hydrogen-bond donors (Lipinski definition) is 2. The molecule has 1 aliphatic carbocycles. The standard InChI is InChI=1S/C16H30N2O3/c1-4-13(9-15(19)20)10-17-16(21)18(11-12(2)3)14-7-5-6-8-14/h12-14H,4-11H2,1-3H3,(H,17,21)(H,19,20). The van der Waals surface area contributed by atoms with Gasteiger partial charge in [0, 0.05) is 25.6 Å². The quantitative estimate of drug-likeness (QED) is 0.723. The second-order valence-electron chi connectivity index (χ2n) is 6.54. The predicted octanol–water partition coefficient (Wildman–Crippen LogP) is 3.10. The van der Waals surface area contributed by atoms with Crippen molar-refractivity contribution < 1.29 is 14.7 Å². The summed E-state index contributed by atoms with van der Waals surface area (Å²) in [5.74, 6) is -0.348. The molecule has 1 unspecified atom stereocenters. The average Bonchev–Trinajstić information content (AvgIpc) is 2.93. The van der Waals surface area contributed by atoms with Gasteiger partial charge in [0.05, 0.1) is 0 Å². The molecule has 0 heterocycles. The van der Waals surface area contributed by atoms with Gasteiger partial charge in [-0.05, 0) is 24.7 Å². The zero-order valence-electron chi connectivity index (χ0n) is 13.6. The minimum Gasteiger partial charge on any atom is -0.481 e. The lowest BCUT2D eigenvalue weighted by Crippen LogP contribution is -2.48. The number of carbonyl (C=O) groups is 2. The van der Waals surface area contributed by atoms with E-state index < -0.39 is 5.97 Å². The van der Waals surface area contributed by atoms with Gasteiger partial charge in [-0.3, -0.25) is 4.79 Å². The van der Waals surface area contributed by atoms with Gasteiger partial charge >= 0.3 is 12.0 Å². The monoisotopic (exact) mass is 298 g/mol. The third-order valence-corrected chi connectivity index (χ3v) is 4.17. The molecule has 0 spiro atoms. The summed E-state index contributed by atoms with van der Waals surface area (Å²) in [4.78, 5) is 25.2. The first-order valence-corrected chi connectivity index (χ1v) is 8.20. The molecule has 21 heavy (non-hydrogen) atoms. The van der Waals surface area contributed by atoms with Crippen molar-refractivity contribution in [2.75, 3.05) is 13.1 Å². The zero-order chi connectivity index (χ0) is 15.8. The Morgan fingerprint density at radius 2 is 1.90 bits per heavy atom. The molecule has 1 saturated carbocycles. The summed E-state index contributed by atoms with van der Waals surface area (Å²) in [5, 5.41) is 11.8. The fraction of sp³-hybridized carbons (Fsp3) is 0.875. The van der Waals surface area contributed by atoms with E-state index in [4.69, 9.17) is 5.11 Å². The molecule has 5 heteroatoms. The molecular weight excluding hydrogens is 268 g/mol. The second-order valence-corrected chi connectivity index (χ2v) is 6.54. The number of aliphatic carboxylic acids is 1. The Balaban J connectivity index is 2.52. The van der Waals surface area contributed by atoms with Crippen molar-refractivity contribution in [1.82, 2.24) is 10.2 Å². The molecule has 2 N–H and O–H groups in total. The lowest BCUT2D eigenvalue weighted by Gasteiger charge is -2.31. The summed E-state index contributed by atoms with van der Waals surface area (Å²) >= 11 is 0. The Morgan fingerprint density at radius 3 is 2.38 bits per heavy atom. The number of carboxylic acids is 1. The molecule has 1 rings (SSSR count). The summed E-state index contributed by atoms with van der Waals surface area (Å²) in [6, 6.07) is 0.325. The molecule has 0 saturated heterocycles. The fourth-order valence-electron chi connectivity index (χ4n) is 2.95. The normalized spacial score (nSPS) is 17.0. The second kappa shape index (κ2) is 8.90. The van der Waals surface area contributed by atoms with Crippen molar-refractivity contribution >= 4 is 12.0 Å². The Morgan fingerprint density at radius 1 is 1.29 bits per heavy atom. The topological polar surface area (TPSA) is 69.6 Å². The highest BCUT2D eigenvalue weighted by Gasteiger charge is 2.27. The van der Waals surface area contributed by atoms with Crippen LogP contribution >= 0.6 is 0 Å². The van der Waals surface area contributed by atoms with Crippen LogP contribution in [0, 0.1) is 11.8 Å². The molecule has 0 bridgehead atoms. The van der Waals surface area contributed by atoms with E-state index in [1.807, 2.05) is 11.8 Å². The maximum Gasteiger partial charge on any atom is 0.317 e. The van der Waals surface area contributed by atoms with Gasteiger partial charge in [-0.25, -0.2) is 4.79 Å². The summed E-state index contributed by atoms with van der Waals surface area (Å²) < 4.78 is 0. The smallest absolute Gasteiger partial charge is 0.317 e. The predicted molar refractivity (Wildman–Crippen MR) is 83.2 cm³/mol. The van der Waals surface area contributed by atoms with Gasteiger partial charge in [0.1, 0.15) is 0 Å². The minimum absolute atomic E-state index is 0.0101. The van der Waals surface area contributed by atoms with E-state index in [0.717, 1.165) is 25.8 Å². The van der Waals surface area contributed by atoms with Crippen molar-refractivity contribution in [2.24, 2.45) is 11.8 Å². The van der Waals surface area contributed by atoms with E-state index in [1.165, 1.54) is 12.8 Å². The van der Waals surface area contributed by atoms with Crippen molar-refractivity contribution in [2.45, 2.75) is 65.3 Å². The van der Waals surface area contributed by atoms with Crippen LogP contribution in [0.4, 0.5) is 4.79 Å². The van der Waals surface area contributed by atoms with Crippen LogP contribution in [0.5, 0.6) is 0 Å². The molecule has 0 aliphatic heterocycles. The first-order chi connectivity index (χ1) is 9.93. The van der Waals surface area contributed by atoms with Crippen molar-refractivity contribution in [1.29, 1.82) is 0 Å². The summed E-state index contributed by atoms with van der Waals surface area (Å²) in [6.07, 6.45) is 5.45. The number of hydrogen-bond acceptors (Lipinski definition) is 2. The van der Waals surface area contributed by atoms with Crippen LogP contribution in [-0.4, -0.2) is 41.1 Å². The number of amides is 2. The Labute approximate surface area is 128 Å². The van der Waals surface area contributed by atoms with Crippen molar-refractivity contribution in [3.05, 3.63) is 0 Å². The number of carboxylic acid groups (broad SMARTS) is 1. The third-order valence-electron chi connectivity index (χ3n) is 4.17. The molecule has 1 atom stereocenters. The lowest BCUT2D eigenvalue weighted by atomic mass is 10.0.